The van der Waals surface area contributed by atoms with Gasteiger partial charge in [0.15, 0.2) is 0 Å². The number of aryl methyl sites for hydroxylation is 2. The van der Waals surface area contributed by atoms with Crippen molar-refractivity contribution in [3.8, 4) is 5.75 Å². The zero-order valence-corrected chi connectivity index (χ0v) is 13.9. The summed E-state index contributed by atoms with van der Waals surface area (Å²) in [6.45, 7) is 6.63. The van der Waals surface area contributed by atoms with E-state index in [2.05, 4.69) is 12.2 Å². The minimum atomic E-state index is 0.161. The lowest BCUT2D eigenvalue weighted by atomic mass is 10.0. The molecule has 0 fully saturated rings. The Morgan fingerprint density at radius 1 is 1.05 bits per heavy atom. The number of aromatic hydroxyl groups is 1. The summed E-state index contributed by atoms with van der Waals surface area (Å²) < 4.78 is 0. The number of halogens is 2. The molecule has 0 amide bonds. The largest absolute Gasteiger partial charge is 0.507 e. The van der Waals surface area contributed by atoms with E-state index < -0.39 is 0 Å². The van der Waals surface area contributed by atoms with Crippen LogP contribution >= 0.6 is 23.2 Å². The maximum absolute atomic E-state index is 9.80. The van der Waals surface area contributed by atoms with Gasteiger partial charge in [-0.2, -0.15) is 0 Å². The van der Waals surface area contributed by atoms with Gasteiger partial charge in [0.2, 0.25) is 0 Å². The van der Waals surface area contributed by atoms with Crippen molar-refractivity contribution in [2.45, 2.75) is 33.4 Å². The van der Waals surface area contributed by atoms with Crippen LogP contribution in [0.1, 0.15) is 35.2 Å². The Bertz CT molecular complexity index is 632. The summed E-state index contributed by atoms with van der Waals surface area (Å²) in [7, 11) is 0. The van der Waals surface area contributed by atoms with Crippen molar-refractivity contribution in [3.05, 3.63) is 62.6 Å². The van der Waals surface area contributed by atoms with Gasteiger partial charge in [-0.05, 0) is 55.2 Å². The number of hydrogen-bond donors (Lipinski definition) is 2. The predicted molar refractivity (Wildman–Crippen MR) is 89.3 cm³/mol. The van der Waals surface area contributed by atoms with E-state index in [-0.39, 0.29) is 6.04 Å². The summed E-state index contributed by atoms with van der Waals surface area (Å²) in [5.41, 5.74) is 4.04. The second kappa shape index (κ2) is 6.69. The minimum Gasteiger partial charge on any atom is -0.507 e. The first-order chi connectivity index (χ1) is 9.88. The fraction of sp³-hybridized carbons (Fsp3) is 0.294. The van der Waals surface area contributed by atoms with Gasteiger partial charge in [-0.3, -0.25) is 0 Å². The van der Waals surface area contributed by atoms with E-state index in [0.717, 1.165) is 28.8 Å². The fourth-order valence-electron chi connectivity index (χ4n) is 2.32. The second-order valence-corrected chi connectivity index (χ2v) is 6.17. The summed E-state index contributed by atoms with van der Waals surface area (Å²) in [6, 6.07) is 9.82. The molecule has 2 aromatic rings. The number of benzene rings is 2. The third-order valence-electron chi connectivity index (χ3n) is 3.61. The third-order valence-corrected chi connectivity index (χ3v) is 4.35. The highest BCUT2D eigenvalue weighted by molar-refractivity contribution is 6.42. The molecule has 2 nitrogen and oxygen atoms in total. The molecule has 0 bridgehead atoms. The van der Waals surface area contributed by atoms with Gasteiger partial charge in [0.25, 0.3) is 0 Å². The van der Waals surface area contributed by atoms with Crippen LogP contribution in [0.4, 0.5) is 0 Å². The fourth-order valence-corrected chi connectivity index (χ4v) is 2.62. The SMILES string of the molecule is Cc1cc(CNC(C)c2ccc(Cl)c(Cl)c2)cc(C)c1O. The van der Waals surface area contributed by atoms with Crippen LogP contribution in [-0.2, 0) is 6.54 Å². The molecular formula is C17H19Cl2NO. The van der Waals surface area contributed by atoms with Crippen LogP contribution in [0.15, 0.2) is 30.3 Å². The Morgan fingerprint density at radius 2 is 1.67 bits per heavy atom. The van der Waals surface area contributed by atoms with Gasteiger partial charge in [0.1, 0.15) is 5.75 Å². The smallest absolute Gasteiger partial charge is 0.121 e. The first kappa shape index (κ1) is 16.2. The molecule has 0 heterocycles. The van der Waals surface area contributed by atoms with Gasteiger partial charge < -0.3 is 10.4 Å². The average Bonchev–Trinajstić information content (AvgIpc) is 2.44. The van der Waals surface area contributed by atoms with Gasteiger partial charge in [-0.15, -0.1) is 0 Å². The van der Waals surface area contributed by atoms with Crippen LogP contribution < -0.4 is 5.32 Å². The van der Waals surface area contributed by atoms with Crippen LogP contribution in [0.3, 0.4) is 0 Å². The summed E-state index contributed by atoms with van der Waals surface area (Å²) in [5, 5.41) is 14.4. The molecule has 0 aliphatic rings. The highest BCUT2D eigenvalue weighted by atomic mass is 35.5. The zero-order chi connectivity index (χ0) is 15.6. The van der Waals surface area contributed by atoms with Crippen molar-refractivity contribution in [2.75, 3.05) is 0 Å². The molecule has 0 aliphatic heterocycles. The number of nitrogens with one attached hydrogen (secondary N) is 1. The lowest BCUT2D eigenvalue weighted by Crippen LogP contribution is -2.18. The number of phenolic OH excluding ortho intramolecular Hbond substituents is 1. The van der Waals surface area contributed by atoms with Gasteiger partial charge in [-0.1, -0.05) is 41.4 Å². The molecule has 0 spiro atoms. The van der Waals surface area contributed by atoms with Crippen LogP contribution in [0, 0.1) is 13.8 Å². The summed E-state index contributed by atoms with van der Waals surface area (Å²) in [6.07, 6.45) is 0. The van der Waals surface area contributed by atoms with Crippen LogP contribution in [0.5, 0.6) is 5.75 Å². The topological polar surface area (TPSA) is 32.3 Å². The van der Waals surface area contributed by atoms with Crippen molar-refractivity contribution < 1.29 is 5.11 Å². The van der Waals surface area contributed by atoms with Gasteiger partial charge in [0.05, 0.1) is 10.0 Å². The molecule has 1 unspecified atom stereocenters. The average molecular weight is 324 g/mol. The van der Waals surface area contributed by atoms with E-state index in [1.54, 1.807) is 0 Å². The normalized spacial score (nSPS) is 12.4. The van der Waals surface area contributed by atoms with Crippen molar-refractivity contribution >= 4 is 23.2 Å². The molecule has 2 aromatic carbocycles. The maximum atomic E-state index is 9.80. The van der Waals surface area contributed by atoms with E-state index in [4.69, 9.17) is 23.2 Å². The highest BCUT2D eigenvalue weighted by Gasteiger charge is 2.09. The Balaban J connectivity index is 2.07. The molecule has 2 rings (SSSR count). The van der Waals surface area contributed by atoms with Crippen LogP contribution in [-0.4, -0.2) is 5.11 Å². The monoisotopic (exact) mass is 323 g/mol. The summed E-state index contributed by atoms with van der Waals surface area (Å²) >= 11 is 12.0. The van der Waals surface area contributed by atoms with E-state index in [0.29, 0.717) is 15.8 Å². The third kappa shape index (κ3) is 3.91. The maximum Gasteiger partial charge on any atom is 0.121 e. The quantitative estimate of drug-likeness (QED) is 0.813. The molecule has 21 heavy (non-hydrogen) atoms. The van der Waals surface area contributed by atoms with Crippen LogP contribution in [0.25, 0.3) is 0 Å². The highest BCUT2D eigenvalue weighted by Crippen LogP contribution is 2.26. The molecule has 1 atom stereocenters. The second-order valence-electron chi connectivity index (χ2n) is 5.35. The van der Waals surface area contributed by atoms with E-state index in [1.165, 1.54) is 0 Å². The lowest BCUT2D eigenvalue weighted by Gasteiger charge is -2.16. The Morgan fingerprint density at radius 3 is 2.24 bits per heavy atom. The van der Waals surface area contributed by atoms with Crippen molar-refractivity contribution in [3.63, 3.8) is 0 Å². The summed E-state index contributed by atoms with van der Waals surface area (Å²) in [5.74, 6) is 0.372. The molecule has 4 heteroatoms. The van der Waals surface area contributed by atoms with Gasteiger partial charge in [-0.25, -0.2) is 0 Å². The van der Waals surface area contributed by atoms with Crippen molar-refractivity contribution in [2.24, 2.45) is 0 Å². The molecular weight excluding hydrogens is 305 g/mol. The lowest BCUT2D eigenvalue weighted by molar-refractivity contribution is 0.466. The first-order valence-electron chi connectivity index (χ1n) is 6.86. The van der Waals surface area contributed by atoms with Gasteiger partial charge >= 0.3 is 0 Å². The zero-order valence-electron chi connectivity index (χ0n) is 12.4. The predicted octanol–water partition coefficient (Wildman–Crippen LogP) is 5.17. The number of rotatable bonds is 4. The molecule has 0 radical (unpaired) electrons. The number of hydrogen-bond acceptors (Lipinski definition) is 2. The minimum absolute atomic E-state index is 0.161. The summed E-state index contributed by atoms with van der Waals surface area (Å²) in [4.78, 5) is 0. The van der Waals surface area contributed by atoms with E-state index in [9.17, 15) is 5.11 Å². The first-order valence-corrected chi connectivity index (χ1v) is 7.61. The standard InChI is InChI=1S/C17H19Cl2NO/c1-10-6-13(7-11(2)17(10)21)9-20-12(3)14-4-5-15(18)16(19)8-14/h4-8,12,20-21H,9H2,1-3H3. The molecule has 0 aliphatic carbocycles. The molecule has 0 saturated heterocycles. The Kier molecular flexibility index (Phi) is 5.15. The molecule has 112 valence electrons. The Labute approximate surface area is 135 Å². The number of phenols is 1. The van der Waals surface area contributed by atoms with Gasteiger partial charge in [0, 0.05) is 12.6 Å². The van der Waals surface area contributed by atoms with Crippen LogP contribution in [0.2, 0.25) is 10.0 Å². The molecule has 0 aromatic heterocycles. The van der Waals surface area contributed by atoms with Crippen molar-refractivity contribution in [1.82, 2.24) is 5.32 Å². The Hall–Kier alpha value is -1.22. The van der Waals surface area contributed by atoms with E-state index in [1.807, 2.05) is 44.2 Å². The molecule has 2 N–H and O–H groups in total. The van der Waals surface area contributed by atoms with Crippen molar-refractivity contribution in [1.29, 1.82) is 0 Å². The molecule has 0 saturated carbocycles. The van der Waals surface area contributed by atoms with E-state index >= 15 is 0 Å².